The van der Waals surface area contributed by atoms with Crippen LogP contribution in [0.5, 0.6) is 0 Å². The zero-order valence-electron chi connectivity index (χ0n) is 11.8. The molecule has 0 radical (unpaired) electrons. The Kier molecular flexibility index (Phi) is 4.19. The summed E-state index contributed by atoms with van der Waals surface area (Å²) in [5, 5.41) is 13.9. The maximum absolute atomic E-state index is 10.7. The number of nitrogens with zero attached hydrogens (tertiary/aromatic N) is 3. The predicted molar refractivity (Wildman–Crippen MR) is 76.9 cm³/mol. The van der Waals surface area contributed by atoms with E-state index in [1.807, 2.05) is 21.0 Å². The summed E-state index contributed by atoms with van der Waals surface area (Å²) < 4.78 is 5.50. The monoisotopic (exact) mass is 278 g/mol. The van der Waals surface area contributed by atoms with Gasteiger partial charge in [-0.2, -0.15) is 4.98 Å². The summed E-state index contributed by atoms with van der Waals surface area (Å²) in [4.78, 5) is 16.6. The lowest BCUT2D eigenvalue weighted by molar-refractivity contribution is -0.384. The molecule has 0 bridgehead atoms. The Morgan fingerprint density at radius 2 is 2.25 bits per heavy atom. The van der Waals surface area contributed by atoms with Gasteiger partial charge in [-0.05, 0) is 40.1 Å². The molecule has 1 aromatic heterocycles. The van der Waals surface area contributed by atoms with Gasteiger partial charge in [-0.3, -0.25) is 10.1 Å². The van der Waals surface area contributed by atoms with E-state index in [0.29, 0.717) is 17.1 Å². The maximum atomic E-state index is 10.7. The third-order valence-corrected chi connectivity index (χ3v) is 2.96. The summed E-state index contributed by atoms with van der Waals surface area (Å²) in [6.07, 6.45) is 0.950. The van der Waals surface area contributed by atoms with E-state index in [1.165, 1.54) is 12.1 Å². The molecule has 0 fully saturated rings. The fourth-order valence-corrected chi connectivity index (χ4v) is 1.82. The van der Waals surface area contributed by atoms with Crippen LogP contribution in [-0.4, -0.2) is 41.5 Å². The highest BCUT2D eigenvalue weighted by molar-refractivity contribution is 5.77. The molecule has 0 saturated heterocycles. The normalized spacial score (nSPS) is 12.8. The second-order valence-electron chi connectivity index (χ2n) is 5.07. The number of anilines is 1. The summed E-state index contributed by atoms with van der Waals surface area (Å²) >= 11 is 0. The van der Waals surface area contributed by atoms with Crippen LogP contribution >= 0.6 is 0 Å². The highest BCUT2D eigenvalue weighted by atomic mass is 16.6. The second-order valence-corrected chi connectivity index (χ2v) is 5.07. The minimum atomic E-state index is -0.450. The number of nitro benzene ring substituents is 1. The number of fused-ring (bicyclic) bond motifs is 1. The molecule has 7 heteroatoms. The number of hydrogen-bond donors (Lipinski definition) is 1. The van der Waals surface area contributed by atoms with Crippen LogP contribution in [0.4, 0.5) is 11.7 Å². The van der Waals surface area contributed by atoms with Crippen molar-refractivity contribution in [2.75, 3.05) is 26.0 Å². The Morgan fingerprint density at radius 1 is 1.50 bits per heavy atom. The zero-order valence-corrected chi connectivity index (χ0v) is 11.8. The molecule has 108 valence electrons. The van der Waals surface area contributed by atoms with Crippen molar-refractivity contribution in [3.05, 3.63) is 28.3 Å². The maximum Gasteiger partial charge on any atom is 0.295 e. The standard InChI is InChI=1S/C13H18N4O3/c1-9(6-7-16(2)3)14-13-15-11-5-4-10(17(18)19)8-12(11)20-13/h4-5,8-9H,6-7H2,1-3H3,(H,14,15). The van der Waals surface area contributed by atoms with Crippen molar-refractivity contribution < 1.29 is 9.34 Å². The molecule has 0 aliphatic carbocycles. The Morgan fingerprint density at radius 3 is 2.90 bits per heavy atom. The van der Waals surface area contributed by atoms with E-state index in [1.54, 1.807) is 6.07 Å². The van der Waals surface area contributed by atoms with E-state index in [-0.39, 0.29) is 11.7 Å². The lowest BCUT2D eigenvalue weighted by Crippen LogP contribution is -2.23. The molecule has 0 spiro atoms. The van der Waals surface area contributed by atoms with Gasteiger partial charge in [0.2, 0.25) is 0 Å². The van der Waals surface area contributed by atoms with Crippen molar-refractivity contribution >= 4 is 22.8 Å². The lowest BCUT2D eigenvalue weighted by atomic mass is 10.2. The van der Waals surface area contributed by atoms with E-state index in [9.17, 15) is 10.1 Å². The number of rotatable bonds is 6. The van der Waals surface area contributed by atoms with Crippen LogP contribution in [0.3, 0.4) is 0 Å². The fraction of sp³-hybridized carbons (Fsp3) is 0.462. The lowest BCUT2D eigenvalue weighted by Gasteiger charge is -2.15. The van der Waals surface area contributed by atoms with Gasteiger partial charge in [-0.15, -0.1) is 0 Å². The summed E-state index contributed by atoms with van der Waals surface area (Å²) in [7, 11) is 4.04. The molecule has 1 N–H and O–H groups in total. The van der Waals surface area contributed by atoms with Crippen molar-refractivity contribution in [2.45, 2.75) is 19.4 Å². The third kappa shape index (κ3) is 3.45. The smallest absolute Gasteiger partial charge is 0.295 e. The summed E-state index contributed by atoms with van der Waals surface area (Å²) in [5.41, 5.74) is 1.03. The number of aromatic nitrogens is 1. The van der Waals surface area contributed by atoms with Crippen molar-refractivity contribution in [3.63, 3.8) is 0 Å². The van der Waals surface area contributed by atoms with E-state index >= 15 is 0 Å². The largest absolute Gasteiger partial charge is 0.423 e. The second kappa shape index (κ2) is 5.87. The zero-order chi connectivity index (χ0) is 14.7. The summed E-state index contributed by atoms with van der Waals surface area (Å²) in [6.45, 7) is 3.00. The van der Waals surface area contributed by atoms with Crippen LogP contribution in [-0.2, 0) is 0 Å². The minimum absolute atomic E-state index is 0.000793. The van der Waals surface area contributed by atoms with Crippen molar-refractivity contribution in [1.29, 1.82) is 0 Å². The topological polar surface area (TPSA) is 84.4 Å². The first-order valence-electron chi connectivity index (χ1n) is 6.42. The van der Waals surface area contributed by atoms with Crippen LogP contribution in [0, 0.1) is 10.1 Å². The molecule has 2 aromatic rings. The fourth-order valence-electron chi connectivity index (χ4n) is 1.82. The SMILES string of the molecule is CC(CCN(C)C)Nc1nc2ccc([N+](=O)[O-])cc2o1. The average Bonchev–Trinajstić information content (AvgIpc) is 2.77. The first-order chi connectivity index (χ1) is 9.45. The highest BCUT2D eigenvalue weighted by Gasteiger charge is 2.13. The van der Waals surface area contributed by atoms with Gasteiger partial charge < -0.3 is 14.6 Å². The van der Waals surface area contributed by atoms with Crippen LogP contribution in [0.15, 0.2) is 22.6 Å². The number of non-ortho nitro benzene ring substituents is 1. The number of nitrogens with one attached hydrogen (secondary N) is 1. The third-order valence-electron chi connectivity index (χ3n) is 2.96. The molecule has 1 heterocycles. The van der Waals surface area contributed by atoms with E-state index in [4.69, 9.17) is 4.42 Å². The van der Waals surface area contributed by atoms with Crippen molar-refractivity contribution in [3.8, 4) is 0 Å². The molecule has 0 aliphatic rings. The molecule has 0 aliphatic heterocycles. The highest BCUT2D eigenvalue weighted by Crippen LogP contribution is 2.24. The Labute approximate surface area is 116 Å². The number of hydrogen-bond acceptors (Lipinski definition) is 6. The molecule has 20 heavy (non-hydrogen) atoms. The molecule has 7 nitrogen and oxygen atoms in total. The van der Waals surface area contributed by atoms with Gasteiger partial charge in [-0.25, -0.2) is 0 Å². The molecular formula is C13H18N4O3. The average molecular weight is 278 g/mol. The molecule has 0 saturated carbocycles. The minimum Gasteiger partial charge on any atom is -0.423 e. The molecule has 1 aromatic carbocycles. The van der Waals surface area contributed by atoms with Crippen molar-refractivity contribution in [1.82, 2.24) is 9.88 Å². The number of benzene rings is 1. The molecule has 1 unspecified atom stereocenters. The van der Waals surface area contributed by atoms with Gasteiger partial charge in [0.25, 0.3) is 11.7 Å². The molecule has 1 atom stereocenters. The van der Waals surface area contributed by atoms with Gasteiger partial charge in [-0.1, -0.05) is 0 Å². The van der Waals surface area contributed by atoms with Crippen LogP contribution < -0.4 is 5.32 Å². The first-order valence-corrected chi connectivity index (χ1v) is 6.42. The van der Waals surface area contributed by atoms with E-state index in [0.717, 1.165) is 13.0 Å². The summed E-state index contributed by atoms with van der Waals surface area (Å²) in [6, 6.07) is 5.00. The quantitative estimate of drug-likeness (QED) is 0.645. The Bertz CT molecular complexity index is 609. The molecule has 2 rings (SSSR count). The molecular weight excluding hydrogens is 260 g/mol. The van der Waals surface area contributed by atoms with Crippen molar-refractivity contribution in [2.24, 2.45) is 0 Å². The van der Waals surface area contributed by atoms with Gasteiger partial charge in [0.05, 0.1) is 11.0 Å². The van der Waals surface area contributed by atoms with Crippen LogP contribution in [0.25, 0.3) is 11.1 Å². The van der Waals surface area contributed by atoms with E-state index < -0.39 is 4.92 Å². The van der Waals surface area contributed by atoms with Gasteiger partial charge in [0, 0.05) is 12.1 Å². The number of nitro groups is 1. The van der Waals surface area contributed by atoms with Gasteiger partial charge >= 0.3 is 0 Å². The summed E-state index contributed by atoms with van der Waals surface area (Å²) in [5.74, 6) is 0. The van der Waals surface area contributed by atoms with Gasteiger partial charge in [0.1, 0.15) is 5.52 Å². The Hall–Kier alpha value is -2.15. The molecule has 0 amide bonds. The van der Waals surface area contributed by atoms with Crippen LogP contribution in [0.2, 0.25) is 0 Å². The van der Waals surface area contributed by atoms with Crippen LogP contribution in [0.1, 0.15) is 13.3 Å². The van der Waals surface area contributed by atoms with E-state index in [2.05, 4.69) is 15.2 Å². The first kappa shape index (κ1) is 14.3. The Balaban J connectivity index is 2.09. The number of oxazole rings is 1. The van der Waals surface area contributed by atoms with Gasteiger partial charge in [0.15, 0.2) is 5.58 Å². The predicted octanol–water partition coefficient (Wildman–Crippen LogP) is 2.49.